The van der Waals surface area contributed by atoms with Gasteiger partial charge in [0.2, 0.25) is 0 Å². The van der Waals surface area contributed by atoms with Crippen LogP contribution in [0.4, 0.5) is 10.5 Å². The molecule has 4 rings (SSSR count). The number of benzene rings is 3. The summed E-state index contributed by atoms with van der Waals surface area (Å²) in [5.74, 6) is -0.268. The van der Waals surface area contributed by atoms with Crippen molar-refractivity contribution in [2.24, 2.45) is 0 Å². The predicted molar refractivity (Wildman–Crippen MR) is 101 cm³/mol. The zero-order valence-corrected chi connectivity index (χ0v) is 13.9. The Labute approximate surface area is 148 Å². The predicted octanol–water partition coefficient (Wildman–Crippen LogP) is 4.79. The van der Waals surface area contributed by atoms with Crippen molar-refractivity contribution in [2.75, 3.05) is 4.90 Å². The summed E-state index contributed by atoms with van der Waals surface area (Å²) in [5, 5.41) is 11.1. The van der Waals surface area contributed by atoms with Crippen LogP contribution in [0.3, 0.4) is 0 Å². The standard InChI is InChI=1S/C20H13NO3S/c22-16-10-8-15(9-11-16)21-19(23)18(25-20(21)24)12-14-6-3-5-13-4-1-2-7-17(13)14/h1-12,22H/b18-12-. The van der Waals surface area contributed by atoms with E-state index in [0.29, 0.717) is 10.6 Å². The highest BCUT2D eigenvalue weighted by atomic mass is 32.2. The summed E-state index contributed by atoms with van der Waals surface area (Å²) in [6, 6.07) is 19.8. The Bertz CT molecular complexity index is 1020. The third-order valence-corrected chi connectivity index (χ3v) is 4.88. The first-order valence-electron chi connectivity index (χ1n) is 7.68. The van der Waals surface area contributed by atoms with Gasteiger partial charge in [0.05, 0.1) is 10.6 Å². The Morgan fingerprint density at radius 3 is 2.40 bits per heavy atom. The van der Waals surface area contributed by atoms with Crippen LogP contribution < -0.4 is 4.90 Å². The molecule has 25 heavy (non-hydrogen) atoms. The van der Waals surface area contributed by atoms with E-state index in [-0.39, 0.29) is 16.9 Å². The molecule has 5 heteroatoms. The van der Waals surface area contributed by atoms with Gasteiger partial charge in [-0.2, -0.15) is 0 Å². The first-order chi connectivity index (χ1) is 12.1. The fourth-order valence-corrected chi connectivity index (χ4v) is 3.64. The number of aromatic hydroxyl groups is 1. The van der Waals surface area contributed by atoms with Crippen molar-refractivity contribution in [3.8, 4) is 5.75 Å². The second-order valence-electron chi connectivity index (χ2n) is 5.60. The number of nitrogens with zero attached hydrogens (tertiary/aromatic N) is 1. The SMILES string of the molecule is O=C1S/C(=C\c2cccc3ccccc23)C(=O)N1c1ccc(O)cc1. The summed E-state index contributed by atoms with van der Waals surface area (Å²) < 4.78 is 0. The molecule has 0 aromatic heterocycles. The molecule has 0 atom stereocenters. The van der Waals surface area contributed by atoms with Gasteiger partial charge in [0, 0.05) is 0 Å². The highest BCUT2D eigenvalue weighted by molar-refractivity contribution is 8.19. The van der Waals surface area contributed by atoms with Gasteiger partial charge in [-0.25, -0.2) is 4.90 Å². The van der Waals surface area contributed by atoms with Crippen LogP contribution in [0.25, 0.3) is 16.8 Å². The molecular formula is C20H13NO3S. The van der Waals surface area contributed by atoms with E-state index in [1.54, 1.807) is 18.2 Å². The number of phenolic OH excluding ortho intramolecular Hbond substituents is 1. The molecule has 0 spiro atoms. The van der Waals surface area contributed by atoms with Gasteiger partial charge in [-0.15, -0.1) is 0 Å². The molecule has 0 aliphatic carbocycles. The lowest BCUT2D eigenvalue weighted by Gasteiger charge is -2.12. The minimum Gasteiger partial charge on any atom is -0.508 e. The Hall–Kier alpha value is -3.05. The molecule has 0 bridgehead atoms. The zero-order valence-electron chi connectivity index (χ0n) is 13.0. The lowest BCUT2D eigenvalue weighted by molar-refractivity contribution is -0.113. The first-order valence-corrected chi connectivity index (χ1v) is 8.50. The highest BCUT2D eigenvalue weighted by Crippen LogP contribution is 2.36. The number of imide groups is 1. The Kier molecular flexibility index (Phi) is 3.78. The number of hydrogen-bond acceptors (Lipinski definition) is 4. The molecule has 122 valence electrons. The van der Waals surface area contributed by atoms with Gasteiger partial charge in [0.15, 0.2) is 0 Å². The minimum absolute atomic E-state index is 0.0852. The highest BCUT2D eigenvalue weighted by Gasteiger charge is 2.36. The van der Waals surface area contributed by atoms with Gasteiger partial charge >= 0.3 is 0 Å². The van der Waals surface area contributed by atoms with Crippen LogP contribution in [0.1, 0.15) is 5.56 Å². The molecule has 1 saturated heterocycles. The lowest BCUT2D eigenvalue weighted by Crippen LogP contribution is -2.27. The number of carbonyl (C=O) groups is 2. The van der Waals surface area contributed by atoms with Crippen LogP contribution >= 0.6 is 11.8 Å². The number of fused-ring (bicyclic) bond motifs is 1. The molecule has 1 aliphatic rings. The van der Waals surface area contributed by atoms with Crippen molar-refractivity contribution in [1.29, 1.82) is 0 Å². The van der Waals surface area contributed by atoms with Gasteiger partial charge < -0.3 is 5.11 Å². The second-order valence-corrected chi connectivity index (χ2v) is 6.60. The van der Waals surface area contributed by atoms with Gasteiger partial charge in [0.25, 0.3) is 11.1 Å². The number of anilines is 1. The first kappa shape index (κ1) is 15.5. The van der Waals surface area contributed by atoms with Crippen molar-refractivity contribution in [3.63, 3.8) is 0 Å². The molecular weight excluding hydrogens is 334 g/mol. The second kappa shape index (κ2) is 6.11. The molecule has 1 N–H and O–H groups in total. The molecule has 1 heterocycles. The normalized spacial score (nSPS) is 16.2. The number of phenols is 1. The maximum atomic E-state index is 12.7. The van der Waals surface area contributed by atoms with Gasteiger partial charge in [-0.3, -0.25) is 9.59 Å². The third-order valence-electron chi connectivity index (χ3n) is 4.01. The van der Waals surface area contributed by atoms with Crippen LogP contribution in [0, 0.1) is 0 Å². The maximum Gasteiger partial charge on any atom is 0.298 e. The summed E-state index contributed by atoms with van der Waals surface area (Å²) in [7, 11) is 0. The molecule has 1 fully saturated rings. The maximum absolute atomic E-state index is 12.7. The summed E-state index contributed by atoms with van der Waals surface area (Å²) in [6.45, 7) is 0. The zero-order chi connectivity index (χ0) is 17.4. The fraction of sp³-hybridized carbons (Fsp3) is 0. The molecule has 4 nitrogen and oxygen atoms in total. The molecule has 3 aromatic carbocycles. The van der Waals surface area contributed by atoms with Crippen molar-refractivity contribution >= 4 is 45.4 Å². The van der Waals surface area contributed by atoms with Crippen LogP contribution in [0.2, 0.25) is 0 Å². The van der Waals surface area contributed by atoms with E-state index >= 15 is 0 Å². The topological polar surface area (TPSA) is 57.6 Å². The number of hydrogen-bond donors (Lipinski definition) is 1. The number of thioether (sulfide) groups is 1. The molecule has 2 amide bonds. The van der Waals surface area contributed by atoms with E-state index in [4.69, 9.17) is 0 Å². The third kappa shape index (κ3) is 2.79. The average molecular weight is 347 g/mol. The van der Waals surface area contributed by atoms with Crippen molar-refractivity contribution in [3.05, 3.63) is 77.2 Å². The van der Waals surface area contributed by atoms with E-state index in [2.05, 4.69) is 0 Å². The van der Waals surface area contributed by atoms with Gasteiger partial charge in [-0.05, 0) is 58.4 Å². The van der Waals surface area contributed by atoms with Crippen molar-refractivity contribution in [2.45, 2.75) is 0 Å². The van der Waals surface area contributed by atoms with E-state index in [9.17, 15) is 14.7 Å². The van der Waals surface area contributed by atoms with Crippen LogP contribution in [-0.2, 0) is 4.79 Å². The Balaban J connectivity index is 1.74. The number of rotatable bonds is 2. The number of carbonyl (C=O) groups excluding carboxylic acids is 2. The quantitative estimate of drug-likeness (QED) is 0.677. The summed E-state index contributed by atoms with van der Waals surface area (Å²) in [6.07, 6.45) is 1.76. The molecule has 3 aromatic rings. The summed E-state index contributed by atoms with van der Waals surface area (Å²) in [4.78, 5) is 26.5. The van der Waals surface area contributed by atoms with Crippen LogP contribution in [0.15, 0.2) is 71.6 Å². The monoisotopic (exact) mass is 347 g/mol. The molecule has 0 saturated carbocycles. The lowest BCUT2D eigenvalue weighted by atomic mass is 10.0. The molecule has 0 unspecified atom stereocenters. The average Bonchev–Trinajstić information content (AvgIpc) is 2.90. The summed E-state index contributed by atoms with van der Waals surface area (Å²) >= 11 is 0.920. The Morgan fingerprint density at radius 2 is 1.60 bits per heavy atom. The van der Waals surface area contributed by atoms with Crippen molar-refractivity contribution < 1.29 is 14.7 Å². The Morgan fingerprint density at radius 1 is 0.880 bits per heavy atom. The van der Waals surface area contributed by atoms with E-state index in [1.165, 1.54) is 12.1 Å². The fourth-order valence-electron chi connectivity index (χ4n) is 2.81. The van der Waals surface area contributed by atoms with Crippen molar-refractivity contribution in [1.82, 2.24) is 0 Å². The van der Waals surface area contributed by atoms with Gasteiger partial charge in [0.1, 0.15) is 5.75 Å². The largest absolute Gasteiger partial charge is 0.508 e. The molecule has 1 aliphatic heterocycles. The smallest absolute Gasteiger partial charge is 0.298 e. The summed E-state index contributed by atoms with van der Waals surface area (Å²) in [5.41, 5.74) is 1.34. The van der Waals surface area contributed by atoms with E-state index < -0.39 is 0 Å². The van der Waals surface area contributed by atoms with E-state index in [1.807, 2.05) is 42.5 Å². The minimum atomic E-state index is -0.353. The van der Waals surface area contributed by atoms with Crippen LogP contribution in [-0.4, -0.2) is 16.3 Å². The van der Waals surface area contributed by atoms with Crippen LogP contribution in [0.5, 0.6) is 5.75 Å². The molecule has 0 radical (unpaired) electrons. The van der Waals surface area contributed by atoms with Gasteiger partial charge in [-0.1, -0.05) is 42.5 Å². The van der Waals surface area contributed by atoms with E-state index in [0.717, 1.165) is 33.0 Å². The number of amides is 2.